The average molecular weight is 323 g/mol. The van der Waals surface area contributed by atoms with E-state index in [0.717, 1.165) is 25.9 Å². The highest BCUT2D eigenvalue weighted by Crippen LogP contribution is 2.17. The van der Waals surface area contributed by atoms with Gasteiger partial charge in [0.25, 0.3) is 5.91 Å². The van der Waals surface area contributed by atoms with Gasteiger partial charge in [0.1, 0.15) is 17.7 Å². The largest absolute Gasteiger partial charge is 0.359 e. The van der Waals surface area contributed by atoms with Gasteiger partial charge in [-0.25, -0.2) is 0 Å². The first-order valence-corrected chi connectivity index (χ1v) is 7.88. The summed E-state index contributed by atoms with van der Waals surface area (Å²) >= 11 is 0. The molecule has 6 nitrogen and oxygen atoms in total. The highest BCUT2D eigenvalue weighted by atomic mass is 16.2. The number of para-hydroxylation sites is 1. The van der Waals surface area contributed by atoms with Gasteiger partial charge in [-0.1, -0.05) is 12.1 Å². The van der Waals surface area contributed by atoms with E-state index in [-0.39, 0.29) is 17.5 Å². The minimum absolute atomic E-state index is 0.0316. The molecule has 2 rings (SSSR count). The van der Waals surface area contributed by atoms with E-state index in [4.69, 9.17) is 5.26 Å². The maximum absolute atomic E-state index is 12.5. The third-order valence-corrected chi connectivity index (χ3v) is 4.33. The Kier molecular flexibility index (Phi) is 5.95. The zero-order valence-corrected chi connectivity index (χ0v) is 14.0. The minimum atomic E-state index is -0.297. The first-order chi connectivity index (χ1) is 11.6. The van der Waals surface area contributed by atoms with Crippen LogP contribution in [0.2, 0.25) is 0 Å². The molecule has 0 aliphatic carbocycles. The Morgan fingerprint density at radius 2 is 2.00 bits per heavy atom. The lowest BCUT2D eigenvalue weighted by atomic mass is 10.0. The average Bonchev–Trinajstić information content (AvgIpc) is 2.62. The number of likely N-dealkylation sites (N-methyl/N-ethyl adjacent to an activating group) is 1. The van der Waals surface area contributed by atoms with Crippen LogP contribution in [0.3, 0.4) is 0 Å². The number of hydrogen-bond donors (Lipinski definition) is 1. The first-order valence-electron chi connectivity index (χ1n) is 7.88. The van der Waals surface area contributed by atoms with Gasteiger partial charge in [-0.3, -0.25) is 4.79 Å². The molecule has 1 saturated heterocycles. The Labute approximate surface area is 142 Å². The summed E-state index contributed by atoms with van der Waals surface area (Å²) in [6.45, 7) is 1.89. The van der Waals surface area contributed by atoms with Crippen LogP contribution in [0.15, 0.2) is 36.0 Å². The summed E-state index contributed by atoms with van der Waals surface area (Å²) in [5.41, 5.74) is 1.06. The molecule has 0 bridgehead atoms. The number of amides is 1. The normalized spacial score (nSPS) is 16.1. The van der Waals surface area contributed by atoms with Crippen LogP contribution in [-0.4, -0.2) is 48.9 Å². The molecule has 1 aliphatic heterocycles. The van der Waals surface area contributed by atoms with Gasteiger partial charge in [0.05, 0.1) is 11.3 Å². The quantitative estimate of drug-likeness (QED) is 0.676. The molecule has 1 amide bonds. The molecule has 1 aromatic carbocycles. The van der Waals surface area contributed by atoms with Crippen molar-refractivity contribution in [2.75, 3.05) is 32.5 Å². The summed E-state index contributed by atoms with van der Waals surface area (Å²) in [6, 6.07) is 11.1. The third kappa shape index (κ3) is 4.13. The molecule has 0 radical (unpaired) electrons. The number of likely N-dealkylation sites (tertiary alicyclic amines) is 1. The zero-order valence-electron chi connectivity index (χ0n) is 14.0. The number of benzene rings is 1. The second-order valence-corrected chi connectivity index (χ2v) is 5.92. The molecule has 24 heavy (non-hydrogen) atoms. The van der Waals surface area contributed by atoms with Crippen molar-refractivity contribution in [2.24, 2.45) is 0 Å². The van der Waals surface area contributed by atoms with Crippen LogP contribution in [0.4, 0.5) is 5.69 Å². The van der Waals surface area contributed by atoms with Crippen LogP contribution < -0.4 is 5.32 Å². The number of nitrogens with one attached hydrogen (secondary N) is 1. The third-order valence-electron chi connectivity index (χ3n) is 4.33. The molecule has 1 fully saturated rings. The van der Waals surface area contributed by atoms with Crippen LogP contribution in [-0.2, 0) is 4.79 Å². The Morgan fingerprint density at radius 3 is 2.62 bits per heavy atom. The van der Waals surface area contributed by atoms with Gasteiger partial charge in [0.2, 0.25) is 0 Å². The predicted molar refractivity (Wildman–Crippen MR) is 91.8 cm³/mol. The fraction of sp³-hybridized carbons (Fsp3) is 0.389. The smallest absolute Gasteiger partial charge is 0.266 e. The Balaban J connectivity index is 2.08. The van der Waals surface area contributed by atoms with Crippen molar-refractivity contribution in [3.8, 4) is 12.1 Å². The number of carbonyl (C=O) groups excluding carboxylic acids is 1. The number of carbonyl (C=O) groups is 1. The van der Waals surface area contributed by atoms with Crippen LogP contribution in [0.25, 0.3) is 0 Å². The van der Waals surface area contributed by atoms with E-state index in [9.17, 15) is 10.1 Å². The second-order valence-electron chi connectivity index (χ2n) is 5.92. The summed E-state index contributed by atoms with van der Waals surface area (Å²) < 4.78 is 0. The number of rotatable bonds is 4. The Hall–Kier alpha value is -2.83. The minimum Gasteiger partial charge on any atom is -0.359 e. The summed E-state index contributed by atoms with van der Waals surface area (Å²) in [6.07, 6.45) is 3.19. The van der Waals surface area contributed by atoms with Gasteiger partial charge in [0, 0.05) is 19.3 Å². The van der Waals surface area contributed by atoms with E-state index in [0.29, 0.717) is 11.3 Å². The maximum Gasteiger partial charge on any atom is 0.266 e. The number of piperidine rings is 1. The van der Waals surface area contributed by atoms with Crippen LogP contribution in [0.5, 0.6) is 0 Å². The molecule has 1 aliphatic rings. The van der Waals surface area contributed by atoms with Crippen molar-refractivity contribution in [3.63, 3.8) is 0 Å². The molecule has 1 aromatic rings. The number of anilines is 1. The first kappa shape index (κ1) is 17.5. The lowest BCUT2D eigenvalue weighted by molar-refractivity contribution is -0.128. The number of hydrogen-bond acceptors (Lipinski definition) is 5. The van der Waals surface area contributed by atoms with Gasteiger partial charge < -0.3 is 15.1 Å². The van der Waals surface area contributed by atoms with E-state index in [1.807, 2.05) is 6.07 Å². The monoisotopic (exact) mass is 323 g/mol. The van der Waals surface area contributed by atoms with Gasteiger partial charge >= 0.3 is 0 Å². The molecular formula is C18H21N5O. The maximum atomic E-state index is 12.5. The van der Waals surface area contributed by atoms with E-state index >= 15 is 0 Å². The fourth-order valence-corrected chi connectivity index (χ4v) is 2.74. The number of nitriles is 2. The Morgan fingerprint density at radius 1 is 1.33 bits per heavy atom. The molecule has 1 heterocycles. The van der Waals surface area contributed by atoms with E-state index in [2.05, 4.69) is 23.3 Å². The molecule has 0 spiro atoms. The van der Waals surface area contributed by atoms with Crippen LogP contribution in [0.1, 0.15) is 18.4 Å². The van der Waals surface area contributed by atoms with E-state index < -0.39 is 0 Å². The van der Waals surface area contributed by atoms with Crippen molar-refractivity contribution in [1.29, 1.82) is 10.5 Å². The molecule has 0 unspecified atom stereocenters. The fourth-order valence-electron chi connectivity index (χ4n) is 2.74. The summed E-state index contributed by atoms with van der Waals surface area (Å²) in [7, 11) is 3.81. The van der Waals surface area contributed by atoms with Crippen molar-refractivity contribution in [1.82, 2.24) is 9.80 Å². The molecule has 0 aromatic heterocycles. The lowest BCUT2D eigenvalue weighted by Gasteiger charge is -2.34. The summed E-state index contributed by atoms with van der Waals surface area (Å²) in [5, 5.41) is 21.3. The standard InChI is InChI=1S/C18H21N5O/c1-22-9-7-16(8-10-22)23(2)18(24)15(12-20)13-21-17-6-4-3-5-14(17)11-19/h3-6,13,16,21H,7-10H2,1-2H3/b15-13-. The molecule has 6 heteroatoms. The van der Waals surface area contributed by atoms with Crippen molar-refractivity contribution >= 4 is 11.6 Å². The zero-order chi connectivity index (χ0) is 17.5. The predicted octanol–water partition coefficient (Wildman–Crippen LogP) is 1.93. The molecular weight excluding hydrogens is 302 g/mol. The van der Waals surface area contributed by atoms with E-state index in [1.165, 1.54) is 6.20 Å². The highest BCUT2D eigenvalue weighted by molar-refractivity contribution is 5.97. The van der Waals surface area contributed by atoms with Crippen LogP contribution >= 0.6 is 0 Å². The van der Waals surface area contributed by atoms with Crippen molar-refractivity contribution in [3.05, 3.63) is 41.6 Å². The summed E-state index contributed by atoms with van der Waals surface area (Å²) in [5.74, 6) is -0.297. The Bertz CT molecular complexity index is 705. The van der Waals surface area contributed by atoms with Gasteiger partial charge in [-0.2, -0.15) is 10.5 Å². The summed E-state index contributed by atoms with van der Waals surface area (Å²) in [4.78, 5) is 16.4. The molecule has 0 atom stereocenters. The van der Waals surface area contributed by atoms with Crippen molar-refractivity contribution < 1.29 is 4.79 Å². The SMILES string of the molecule is CN1CCC(N(C)C(=O)/C(C#N)=C\Nc2ccccc2C#N)CC1. The second kappa shape index (κ2) is 8.14. The number of nitrogens with zero attached hydrogens (tertiary/aromatic N) is 4. The molecule has 1 N–H and O–H groups in total. The van der Waals surface area contributed by atoms with E-state index in [1.54, 1.807) is 36.2 Å². The molecule has 124 valence electrons. The lowest BCUT2D eigenvalue weighted by Crippen LogP contribution is -2.44. The topological polar surface area (TPSA) is 83.2 Å². The van der Waals surface area contributed by atoms with Gasteiger partial charge in [-0.15, -0.1) is 0 Å². The molecule has 0 saturated carbocycles. The highest BCUT2D eigenvalue weighted by Gasteiger charge is 2.25. The van der Waals surface area contributed by atoms with Crippen molar-refractivity contribution in [2.45, 2.75) is 18.9 Å². The van der Waals surface area contributed by atoms with Gasteiger partial charge in [-0.05, 0) is 45.1 Å². The van der Waals surface area contributed by atoms with Crippen LogP contribution in [0, 0.1) is 22.7 Å². The van der Waals surface area contributed by atoms with Gasteiger partial charge in [0.15, 0.2) is 0 Å².